The molecule has 0 aliphatic heterocycles. The second-order valence-electron chi connectivity index (χ2n) is 2.37. The summed E-state index contributed by atoms with van der Waals surface area (Å²) in [6.07, 6.45) is 1.06. The summed E-state index contributed by atoms with van der Waals surface area (Å²) < 4.78 is 1.72. The Bertz CT molecular complexity index is 229. The van der Waals surface area contributed by atoms with Crippen molar-refractivity contribution in [3.63, 3.8) is 0 Å². The van der Waals surface area contributed by atoms with E-state index in [1.165, 1.54) is 0 Å². The van der Waals surface area contributed by atoms with E-state index in [1.807, 2.05) is 7.05 Å². The summed E-state index contributed by atoms with van der Waals surface area (Å²) in [6.45, 7) is 2.98. The van der Waals surface area contributed by atoms with Crippen molar-refractivity contribution in [2.24, 2.45) is 7.05 Å². The molecule has 1 rings (SSSR count). The monoisotopic (exact) mass is 155 g/mol. The van der Waals surface area contributed by atoms with Gasteiger partial charge in [-0.15, -0.1) is 10.2 Å². The van der Waals surface area contributed by atoms with Gasteiger partial charge in [0.25, 0.3) is 0 Å². The van der Waals surface area contributed by atoms with E-state index in [1.54, 1.807) is 4.57 Å². The molecule has 0 saturated heterocycles. The van der Waals surface area contributed by atoms with Crippen molar-refractivity contribution in [3.8, 4) is 0 Å². The summed E-state index contributed by atoms with van der Waals surface area (Å²) in [5.41, 5.74) is 5.46. The molecule has 0 radical (unpaired) electrons. The lowest BCUT2D eigenvalue weighted by Gasteiger charge is -2.01. The lowest BCUT2D eigenvalue weighted by atomic mass is 10.5. The minimum atomic E-state index is 0.434. The Morgan fingerprint density at radius 2 is 2.27 bits per heavy atom. The third-order valence-electron chi connectivity index (χ3n) is 1.44. The van der Waals surface area contributed by atoms with Crippen LogP contribution in [-0.4, -0.2) is 21.3 Å². The summed E-state index contributed by atoms with van der Waals surface area (Å²) in [6, 6.07) is 0. The van der Waals surface area contributed by atoms with E-state index in [4.69, 9.17) is 5.73 Å². The Hall–Kier alpha value is -1.26. The zero-order valence-corrected chi connectivity index (χ0v) is 6.83. The van der Waals surface area contributed by atoms with Gasteiger partial charge in [-0.1, -0.05) is 6.92 Å². The smallest absolute Gasteiger partial charge is 0.225 e. The van der Waals surface area contributed by atoms with Crippen molar-refractivity contribution < 1.29 is 0 Å². The van der Waals surface area contributed by atoms with Gasteiger partial charge in [0.2, 0.25) is 11.9 Å². The van der Waals surface area contributed by atoms with Crippen LogP contribution < -0.4 is 11.1 Å². The standard InChI is InChI=1S/C6H13N5/c1-3-4-8-6-10-9-5(7)11(6)2/h3-4H2,1-2H3,(H2,7,9)(H,8,10). The number of hydrogen-bond acceptors (Lipinski definition) is 4. The Morgan fingerprint density at radius 3 is 2.73 bits per heavy atom. The van der Waals surface area contributed by atoms with Gasteiger partial charge in [-0.3, -0.25) is 4.57 Å². The highest BCUT2D eigenvalue weighted by Crippen LogP contribution is 2.04. The Morgan fingerprint density at radius 1 is 1.55 bits per heavy atom. The maximum absolute atomic E-state index is 5.46. The van der Waals surface area contributed by atoms with Gasteiger partial charge < -0.3 is 11.1 Å². The number of aromatic nitrogens is 3. The maximum atomic E-state index is 5.46. The molecular weight excluding hydrogens is 142 g/mol. The molecule has 62 valence electrons. The molecule has 0 aromatic carbocycles. The number of rotatable bonds is 3. The molecule has 5 heteroatoms. The van der Waals surface area contributed by atoms with Crippen LogP contribution in [-0.2, 0) is 7.05 Å². The number of nitrogens with zero attached hydrogens (tertiary/aromatic N) is 3. The second kappa shape index (κ2) is 3.23. The van der Waals surface area contributed by atoms with Crippen LogP contribution in [0.2, 0.25) is 0 Å². The van der Waals surface area contributed by atoms with Gasteiger partial charge in [-0.05, 0) is 6.42 Å². The number of hydrogen-bond donors (Lipinski definition) is 2. The van der Waals surface area contributed by atoms with Crippen LogP contribution in [0, 0.1) is 0 Å². The van der Waals surface area contributed by atoms with E-state index in [-0.39, 0.29) is 0 Å². The van der Waals surface area contributed by atoms with E-state index >= 15 is 0 Å². The molecule has 1 aromatic rings. The summed E-state index contributed by atoms with van der Waals surface area (Å²) >= 11 is 0. The molecule has 5 nitrogen and oxygen atoms in total. The molecule has 0 bridgehead atoms. The first-order valence-corrected chi connectivity index (χ1v) is 3.64. The van der Waals surface area contributed by atoms with Crippen LogP contribution in [0.1, 0.15) is 13.3 Å². The van der Waals surface area contributed by atoms with Gasteiger partial charge in [0.1, 0.15) is 0 Å². The minimum absolute atomic E-state index is 0.434. The third kappa shape index (κ3) is 1.60. The molecule has 3 N–H and O–H groups in total. The predicted octanol–water partition coefficient (Wildman–Crippen LogP) is 0.219. The highest BCUT2D eigenvalue weighted by molar-refractivity contribution is 5.32. The van der Waals surface area contributed by atoms with Crippen molar-refractivity contribution in [1.82, 2.24) is 14.8 Å². The number of nitrogen functional groups attached to an aromatic ring is 1. The highest BCUT2D eigenvalue weighted by Gasteiger charge is 2.01. The first-order valence-electron chi connectivity index (χ1n) is 3.64. The average molecular weight is 155 g/mol. The van der Waals surface area contributed by atoms with Crippen LogP contribution in [0.25, 0.3) is 0 Å². The summed E-state index contributed by atoms with van der Waals surface area (Å²) in [4.78, 5) is 0. The molecular formula is C6H13N5. The van der Waals surface area contributed by atoms with Gasteiger partial charge in [-0.2, -0.15) is 0 Å². The van der Waals surface area contributed by atoms with Crippen molar-refractivity contribution in [3.05, 3.63) is 0 Å². The van der Waals surface area contributed by atoms with Crippen LogP contribution in [0.5, 0.6) is 0 Å². The van der Waals surface area contributed by atoms with Crippen molar-refractivity contribution >= 4 is 11.9 Å². The zero-order chi connectivity index (χ0) is 8.27. The minimum Gasteiger partial charge on any atom is -0.368 e. The van der Waals surface area contributed by atoms with Crippen LogP contribution in [0.3, 0.4) is 0 Å². The third-order valence-corrected chi connectivity index (χ3v) is 1.44. The molecule has 0 spiro atoms. The normalized spacial score (nSPS) is 10.0. The van der Waals surface area contributed by atoms with E-state index in [0.29, 0.717) is 5.95 Å². The zero-order valence-electron chi connectivity index (χ0n) is 6.83. The van der Waals surface area contributed by atoms with Gasteiger partial charge in [0, 0.05) is 13.6 Å². The lowest BCUT2D eigenvalue weighted by molar-refractivity contribution is 0.887. The van der Waals surface area contributed by atoms with Crippen molar-refractivity contribution in [1.29, 1.82) is 0 Å². The van der Waals surface area contributed by atoms with E-state index in [2.05, 4.69) is 22.4 Å². The molecule has 0 aliphatic rings. The van der Waals surface area contributed by atoms with Crippen LogP contribution in [0.4, 0.5) is 11.9 Å². The number of nitrogens with two attached hydrogens (primary N) is 1. The topological polar surface area (TPSA) is 68.8 Å². The van der Waals surface area contributed by atoms with Crippen LogP contribution >= 0.6 is 0 Å². The average Bonchev–Trinajstić information content (AvgIpc) is 2.31. The molecule has 0 unspecified atom stereocenters. The molecule has 0 fully saturated rings. The van der Waals surface area contributed by atoms with Crippen molar-refractivity contribution in [2.75, 3.05) is 17.6 Å². The number of nitrogens with one attached hydrogen (secondary N) is 1. The molecule has 11 heavy (non-hydrogen) atoms. The first kappa shape index (κ1) is 7.84. The van der Waals surface area contributed by atoms with Gasteiger partial charge >= 0.3 is 0 Å². The van der Waals surface area contributed by atoms with E-state index < -0.39 is 0 Å². The fourth-order valence-electron chi connectivity index (χ4n) is 0.732. The lowest BCUT2D eigenvalue weighted by Crippen LogP contribution is -2.06. The Kier molecular flexibility index (Phi) is 2.30. The van der Waals surface area contributed by atoms with Crippen LogP contribution in [0.15, 0.2) is 0 Å². The fraction of sp³-hybridized carbons (Fsp3) is 0.667. The van der Waals surface area contributed by atoms with Gasteiger partial charge in [-0.25, -0.2) is 0 Å². The molecule has 0 aliphatic carbocycles. The summed E-state index contributed by atoms with van der Waals surface area (Å²) in [5, 5.41) is 10.6. The van der Waals surface area contributed by atoms with E-state index in [9.17, 15) is 0 Å². The number of anilines is 2. The fourth-order valence-corrected chi connectivity index (χ4v) is 0.732. The maximum Gasteiger partial charge on any atom is 0.225 e. The van der Waals surface area contributed by atoms with Gasteiger partial charge in [0.05, 0.1) is 0 Å². The SMILES string of the molecule is CCCNc1nnc(N)n1C. The molecule has 0 atom stereocenters. The molecule has 0 amide bonds. The van der Waals surface area contributed by atoms with E-state index in [0.717, 1.165) is 18.9 Å². The first-order chi connectivity index (χ1) is 5.25. The summed E-state index contributed by atoms with van der Waals surface area (Å²) in [5.74, 6) is 1.16. The highest BCUT2D eigenvalue weighted by atomic mass is 15.4. The second-order valence-corrected chi connectivity index (χ2v) is 2.37. The molecule has 0 saturated carbocycles. The largest absolute Gasteiger partial charge is 0.368 e. The molecule has 1 aromatic heterocycles. The van der Waals surface area contributed by atoms with Crippen molar-refractivity contribution in [2.45, 2.75) is 13.3 Å². The van der Waals surface area contributed by atoms with Gasteiger partial charge in [0.15, 0.2) is 0 Å². The Balaban J connectivity index is 2.63. The Labute approximate surface area is 65.6 Å². The predicted molar refractivity (Wildman–Crippen MR) is 44.2 cm³/mol. The summed E-state index contributed by atoms with van der Waals surface area (Å²) in [7, 11) is 1.83. The quantitative estimate of drug-likeness (QED) is 0.655. The molecule has 1 heterocycles.